The van der Waals surface area contributed by atoms with Crippen LogP contribution in [0.4, 0.5) is 5.13 Å². The van der Waals surface area contributed by atoms with Gasteiger partial charge in [-0.05, 0) is 37.5 Å². The minimum atomic E-state index is -0.223. The van der Waals surface area contributed by atoms with Crippen molar-refractivity contribution < 1.29 is 14.3 Å². The van der Waals surface area contributed by atoms with Crippen LogP contribution >= 0.6 is 45.9 Å². The third-order valence-corrected chi connectivity index (χ3v) is 7.39. The maximum absolute atomic E-state index is 13.4. The number of aromatic nitrogens is 1. The van der Waals surface area contributed by atoms with Gasteiger partial charge in [0.05, 0.1) is 34.4 Å². The van der Waals surface area contributed by atoms with E-state index < -0.39 is 0 Å². The molecule has 0 unspecified atom stereocenters. The van der Waals surface area contributed by atoms with Gasteiger partial charge in [-0.15, -0.1) is 11.3 Å². The topological polar surface area (TPSA) is 51.7 Å². The molecular formula is C19H18Cl2N2O3S2. The maximum atomic E-state index is 13.4. The second-order valence-electron chi connectivity index (χ2n) is 6.55. The van der Waals surface area contributed by atoms with Gasteiger partial charge in [-0.25, -0.2) is 4.98 Å². The summed E-state index contributed by atoms with van der Waals surface area (Å²) in [5.74, 6) is 0.462. The minimum Gasteiger partial charge on any atom is -0.494 e. The summed E-state index contributed by atoms with van der Waals surface area (Å²) in [4.78, 5) is 19.7. The first-order chi connectivity index (χ1) is 13.5. The molecule has 0 bridgehead atoms. The Bertz CT molecular complexity index is 1030. The van der Waals surface area contributed by atoms with E-state index >= 15 is 0 Å². The fourth-order valence-electron chi connectivity index (χ4n) is 3.25. The van der Waals surface area contributed by atoms with Gasteiger partial charge in [0, 0.05) is 6.61 Å². The van der Waals surface area contributed by atoms with Gasteiger partial charge in [0.1, 0.15) is 15.6 Å². The molecule has 4 rings (SSSR count). The molecule has 0 spiro atoms. The van der Waals surface area contributed by atoms with Crippen molar-refractivity contribution in [3.63, 3.8) is 0 Å². The Kier molecular flexibility index (Phi) is 5.81. The highest BCUT2D eigenvalue weighted by Crippen LogP contribution is 2.39. The van der Waals surface area contributed by atoms with Crippen LogP contribution in [-0.2, 0) is 4.74 Å². The predicted molar refractivity (Wildman–Crippen MR) is 116 cm³/mol. The SMILES string of the molecule is COc1ccc(C)c2sc(N(C[C@H]3CCCO3)C(=O)c3cc(Cl)sc3Cl)nc12. The number of thiophene rings is 1. The van der Waals surface area contributed by atoms with Crippen LogP contribution in [0, 0.1) is 6.92 Å². The average molecular weight is 457 g/mol. The van der Waals surface area contributed by atoms with Crippen LogP contribution in [-0.4, -0.2) is 37.3 Å². The largest absolute Gasteiger partial charge is 0.494 e. The number of fused-ring (bicyclic) bond motifs is 1. The second kappa shape index (κ2) is 8.16. The van der Waals surface area contributed by atoms with Crippen LogP contribution in [0.15, 0.2) is 18.2 Å². The van der Waals surface area contributed by atoms with Gasteiger partial charge in [-0.1, -0.05) is 40.6 Å². The molecule has 1 atom stereocenters. The van der Waals surface area contributed by atoms with E-state index in [1.165, 1.54) is 22.7 Å². The molecule has 2 aromatic heterocycles. The maximum Gasteiger partial charge on any atom is 0.262 e. The summed E-state index contributed by atoms with van der Waals surface area (Å²) in [7, 11) is 1.62. The number of methoxy groups -OCH3 is 1. The number of aryl methyl sites for hydroxylation is 1. The molecule has 0 radical (unpaired) electrons. The van der Waals surface area contributed by atoms with Crippen LogP contribution in [0.3, 0.4) is 0 Å². The summed E-state index contributed by atoms with van der Waals surface area (Å²) in [6.45, 7) is 3.15. The number of amides is 1. The van der Waals surface area contributed by atoms with E-state index in [9.17, 15) is 4.79 Å². The van der Waals surface area contributed by atoms with Gasteiger partial charge in [-0.2, -0.15) is 0 Å². The first-order valence-corrected chi connectivity index (χ1v) is 11.2. The molecule has 0 saturated carbocycles. The van der Waals surface area contributed by atoms with E-state index in [-0.39, 0.29) is 12.0 Å². The summed E-state index contributed by atoms with van der Waals surface area (Å²) >= 11 is 15.0. The molecule has 1 fully saturated rings. The molecule has 1 aliphatic rings. The fraction of sp³-hybridized carbons (Fsp3) is 0.368. The van der Waals surface area contributed by atoms with Crippen molar-refractivity contribution in [2.24, 2.45) is 0 Å². The molecule has 0 aliphatic carbocycles. The lowest BCUT2D eigenvalue weighted by Gasteiger charge is -2.22. The van der Waals surface area contributed by atoms with Crippen LogP contribution in [0.2, 0.25) is 8.67 Å². The molecule has 9 heteroatoms. The molecule has 0 N–H and O–H groups in total. The zero-order valence-corrected chi connectivity index (χ0v) is 18.5. The molecule has 1 saturated heterocycles. The zero-order chi connectivity index (χ0) is 19.8. The summed E-state index contributed by atoms with van der Waals surface area (Å²) in [5, 5.41) is 0.599. The number of rotatable bonds is 5. The lowest BCUT2D eigenvalue weighted by atomic mass is 10.2. The van der Waals surface area contributed by atoms with Crippen molar-refractivity contribution in [2.45, 2.75) is 25.9 Å². The van der Waals surface area contributed by atoms with E-state index in [1.807, 2.05) is 19.1 Å². The molecule has 1 aromatic carbocycles. The number of nitrogens with zero attached hydrogens (tertiary/aromatic N) is 2. The Labute approximate surface area is 180 Å². The van der Waals surface area contributed by atoms with Gasteiger partial charge in [0.15, 0.2) is 5.13 Å². The van der Waals surface area contributed by atoms with Gasteiger partial charge >= 0.3 is 0 Å². The van der Waals surface area contributed by atoms with Crippen molar-refractivity contribution >= 4 is 67.1 Å². The first kappa shape index (κ1) is 19.9. The first-order valence-electron chi connectivity index (χ1n) is 8.80. The highest BCUT2D eigenvalue weighted by atomic mass is 35.5. The normalized spacial score (nSPS) is 16.6. The van der Waals surface area contributed by atoms with Crippen molar-refractivity contribution in [1.82, 2.24) is 4.98 Å². The van der Waals surface area contributed by atoms with Crippen LogP contribution < -0.4 is 9.64 Å². The third kappa shape index (κ3) is 3.74. The van der Waals surface area contributed by atoms with E-state index in [0.29, 0.717) is 38.3 Å². The number of carbonyl (C=O) groups excluding carboxylic acids is 1. The smallest absolute Gasteiger partial charge is 0.262 e. The van der Waals surface area contributed by atoms with Crippen LogP contribution in [0.1, 0.15) is 28.8 Å². The number of carbonyl (C=O) groups is 1. The Morgan fingerprint density at radius 3 is 2.86 bits per heavy atom. The van der Waals surface area contributed by atoms with E-state index in [0.717, 1.165) is 28.6 Å². The highest BCUT2D eigenvalue weighted by Gasteiger charge is 2.29. The summed E-state index contributed by atoms with van der Waals surface area (Å²) in [6.07, 6.45) is 1.88. The predicted octanol–water partition coefficient (Wildman–Crippen LogP) is 5.81. The lowest BCUT2D eigenvalue weighted by Crippen LogP contribution is -2.37. The average Bonchev–Trinajstić information content (AvgIpc) is 3.39. The quantitative estimate of drug-likeness (QED) is 0.486. The lowest BCUT2D eigenvalue weighted by molar-refractivity contribution is 0.0918. The van der Waals surface area contributed by atoms with Gasteiger partial charge in [-0.3, -0.25) is 9.69 Å². The van der Waals surface area contributed by atoms with Gasteiger partial charge in [0.25, 0.3) is 5.91 Å². The molecule has 1 amide bonds. The number of thiazole rings is 1. The monoisotopic (exact) mass is 456 g/mol. The third-order valence-electron chi connectivity index (χ3n) is 4.69. The fourth-order valence-corrected chi connectivity index (χ4v) is 5.76. The minimum absolute atomic E-state index is 0.0214. The number of anilines is 1. The number of ether oxygens (including phenoxy) is 2. The van der Waals surface area contributed by atoms with E-state index in [2.05, 4.69) is 0 Å². The molecule has 28 heavy (non-hydrogen) atoms. The van der Waals surface area contributed by atoms with Crippen molar-refractivity contribution in [3.05, 3.63) is 38.0 Å². The summed E-state index contributed by atoms with van der Waals surface area (Å²) in [6, 6.07) is 5.49. The highest BCUT2D eigenvalue weighted by molar-refractivity contribution is 7.22. The second-order valence-corrected chi connectivity index (χ2v) is 9.81. The Balaban J connectivity index is 1.78. The van der Waals surface area contributed by atoms with E-state index in [1.54, 1.807) is 18.1 Å². The molecule has 3 aromatic rings. The van der Waals surface area contributed by atoms with E-state index in [4.69, 9.17) is 37.7 Å². The van der Waals surface area contributed by atoms with Crippen LogP contribution in [0.5, 0.6) is 5.75 Å². The van der Waals surface area contributed by atoms with Crippen molar-refractivity contribution in [2.75, 3.05) is 25.2 Å². The van der Waals surface area contributed by atoms with Gasteiger partial charge in [0.2, 0.25) is 0 Å². The molecule has 3 heterocycles. The molecule has 1 aliphatic heterocycles. The van der Waals surface area contributed by atoms with Gasteiger partial charge < -0.3 is 9.47 Å². The number of hydrogen-bond donors (Lipinski definition) is 0. The van der Waals surface area contributed by atoms with Crippen LogP contribution in [0.25, 0.3) is 10.2 Å². The Hall–Kier alpha value is -1.38. The summed E-state index contributed by atoms with van der Waals surface area (Å²) in [5.41, 5.74) is 2.22. The zero-order valence-electron chi connectivity index (χ0n) is 15.3. The Morgan fingerprint density at radius 2 is 2.21 bits per heavy atom. The van der Waals surface area contributed by atoms with Crippen molar-refractivity contribution in [1.29, 1.82) is 0 Å². The van der Waals surface area contributed by atoms with Crippen molar-refractivity contribution in [3.8, 4) is 5.75 Å². The molecule has 5 nitrogen and oxygen atoms in total. The standard InChI is InChI=1S/C19H18Cl2N2O3S2/c1-10-5-6-13(25-2)15-16(10)28-19(22-15)23(9-11-4-3-7-26-11)18(24)12-8-14(20)27-17(12)21/h5-6,8,11H,3-4,7,9H2,1-2H3/t11-/m1/s1. The Morgan fingerprint density at radius 1 is 1.39 bits per heavy atom. The number of hydrogen-bond acceptors (Lipinski definition) is 6. The molecule has 148 valence electrons. The number of halogens is 2. The number of benzene rings is 1. The molecular weight excluding hydrogens is 439 g/mol. The summed E-state index contributed by atoms with van der Waals surface area (Å²) < 4.78 is 13.1.